The second-order valence-electron chi connectivity index (χ2n) is 4.51. The summed E-state index contributed by atoms with van der Waals surface area (Å²) < 4.78 is 6.44. The minimum atomic E-state index is -0.440. The van der Waals surface area contributed by atoms with Gasteiger partial charge in [-0.3, -0.25) is 4.79 Å². The summed E-state index contributed by atoms with van der Waals surface area (Å²) in [6, 6.07) is 12.5. The van der Waals surface area contributed by atoms with Crippen LogP contribution in [0.3, 0.4) is 0 Å². The van der Waals surface area contributed by atoms with Crippen LogP contribution in [0.5, 0.6) is 5.75 Å². The maximum Gasteiger partial charge on any atom is 0.333 e. The van der Waals surface area contributed by atoms with Crippen LogP contribution in [0.15, 0.2) is 53.5 Å². The molecule has 1 aromatic carbocycles. The lowest BCUT2D eigenvalue weighted by molar-refractivity contribution is -0.144. The van der Waals surface area contributed by atoms with Crippen LogP contribution in [0.25, 0.3) is 0 Å². The van der Waals surface area contributed by atoms with Crippen molar-refractivity contribution in [2.24, 2.45) is 0 Å². The molecule has 5 heteroatoms. The largest absolute Gasteiger partial charge is 0.489 e. The van der Waals surface area contributed by atoms with Crippen molar-refractivity contribution < 1.29 is 14.4 Å². The number of aromatic nitrogens is 1. The van der Waals surface area contributed by atoms with Crippen LogP contribution >= 0.6 is 0 Å². The molecule has 0 atom stereocenters. The minimum absolute atomic E-state index is 0.276. The first kappa shape index (κ1) is 14.8. The monoisotopic (exact) mass is 287 g/mol. The van der Waals surface area contributed by atoms with Crippen molar-refractivity contribution in [2.75, 3.05) is 0 Å². The molecule has 0 radical (unpaired) electrons. The SMILES string of the molecule is CCCC(=O)On1ccc(OCc2ccccc2)cc1=O. The zero-order valence-electron chi connectivity index (χ0n) is 11.8. The average Bonchev–Trinajstić information content (AvgIpc) is 2.49. The van der Waals surface area contributed by atoms with E-state index in [9.17, 15) is 9.59 Å². The first-order valence-electron chi connectivity index (χ1n) is 6.79. The summed E-state index contributed by atoms with van der Waals surface area (Å²) in [6.45, 7) is 2.24. The number of hydrogen-bond acceptors (Lipinski definition) is 4. The van der Waals surface area contributed by atoms with Gasteiger partial charge in [-0.2, -0.15) is 0 Å². The van der Waals surface area contributed by atoms with E-state index in [1.807, 2.05) is 37.3 Å². The molecule has 0 bridgehead atoms. The summed E-state index contributed by atoms with van der Waals surface area (Å²) in [7, 11) is 0. The fraction of sp³-hybridized carbons (Fsp3) is 0.250. The number of carbonyl (C=O) groups excluding carboxylic acids is 1. The summed E-state index contributed by atoms with van der Waals surface area (Å²) in [6.07, 6.45) is 2.33. The Balaban J connectivity index is 1.99. The van der Waals surface area contributed by atoms with Crippen molar-refractivity contribution in [2.45, 2.75) is 26.4 Å². The molecule has 0 aliphatic rings. The molecule has 0 N–H and O–H groups in total. The standard InChI is InChI=1S/C16H17NO4/c1-2-6-16(19)21-17-10-9-14(11-15(17)18)20-12-13-7-4-3-5-8-13/h3-5,7-11H,2,6,12H2,1H3. The Kier molecular flexibility index (Phi) is 5.15. The summed E-state index contributed by atoms with van der Waals surface area (Å²) in [5.41, 5.74) is 0.570. The number of benzene rings is 1. The molecule has 0 aliphatic carbocycles. The predicted octanol–water partition coefficient (Wildman–Crippen LogP) is 2.18. The van der Waals surface area contributed by atoms with Gasteiger partial charge in [-0.1, -0.05) is 37.3 Å². The van der Waals surface area contributed by atoms with Crippen LogP contribution in [-0.4, -0.2) is 10.7 Å². The highest BCUT2D eigenvalue weighted by molar-refractivity contribution is 5.69. The van der Waals surface area contributed by atoms with Gasteiger partial charge in [-0.25, -0.2) is 4.79 Å². The summed E-state index contributed by atoms with van der Waals surface area (Å²) in [4.78, 5) is 28.1. The lowest BCUT2D eigenvalue weighted by Gasteiger charge is -2.08. The molecule has 0 spiro atoms. The molecule has 0 unspecified atom stereocenters. The maximum atomic E-state index is 11.8. The fourth-order valence-corrected chi connectivity index (χ4v) is 1.71. The number of carbonyl (C=O) groups is 1. The van der Waals surface area contributed by atoms with E-state index in [2.05, 4.69) is 0 Å². The van der Waals surface area contributed by atoms with Crippen molar-refractivity contribution >= 4 is 5.97 Å². The molecule has 2 rings (SSSR count). The number of ether oxygens (including phenoxy) is 1. The Bertz CT molecular complexity index is 649. The van der Waals surface area contributed by atoms with E-state index in [0.717, 1.165) is 10.3 Å². The van der Waals surface area contributed by atoms with E-state index in [0.29, 0.717) is 18.8 Å². The highest BCUT2D eigenvalue weighted by Crippen LogP contribution is 2.09. The van der Waals surface area contributed by atoms with Crippen molar-refractivity contribution in [3.63, 3.8) is 0 Å². The van der Waals surface area contributed by atoms with Gasteiger partial charge in [0, 0.05) is 18.6 Å². The van der Waals surface area contributed by atoms with E-state index in [1.165, 1.54) is 12.3 Å². The van der Waals surface area contributed by atoms with Gasteiger partial charge in [0.2, 0.25) is 0 Å². The minimum Gasteiger partial charge on any atom is -0.489 e. The van der Waals surface area contributed by atoms with Gasteiger partial charge in [-0.05, 0) is 12.0 Å². The van der Waals surface area contributed by atoms with Gasteiger partial charge in [-0.15, -0.1) is 4.73 Å². The smallest absolute Gasteiger partial charge is 0.333 e. The van der Waals surface area contributed by atoms with Crippen LogP contribution in [0.4, 0.5) is 0 Å². The van der Waals surface area contributed by atoms with Crippen molar-refractivity contribution in [1.29, 1.82) is 0 Å². The van der Waals surface area contributed by atoms with Crippen molar-refractivity contribution in [1.82, 2.24) is 4.73 Å². The Morgan fingerprint density at radius 3 is 2.62 bits per heavy atom. The summed E-state index contributed by atoms with van der Waals surface area (Å²) in [5, 5.41) is 0. The molecule has 2 aromatic rings. The Morgan fingerprint density at radius 2 is 1.95 bits per heavy atom. The highest BCUT2D eigenvalue weighted by atomic mass is 16.7. The number of nitrogens with zero attached hydrogens (tertiary/aromatic N) is 1. The maximum absolute atomic E-state index is 11.8. The van der Waals surface area contributed by atoms with Gasteiger partial charge in [0.1, 0.15) is 12.4 Å². The van der Waals surface area contributed by atoms with E-state index in [1.54, 1.807) is 6.07 Å². The molecule has 0 saturated heterocycles. The third kappa shape index (κ3) is 4.49. The van der Waals surface area contributed by atoms with E-state index < -0.39 is 11.5 Å². The first-order valence-corrected chi connectivity index (χ1v) is 6.79. The van der Waals surface area contributed by atoms with Crippen LogP contribution in [0, 0.1) is 0 Å². The second-order valence-corrected chi connectivity index (χ2v) is 4.51. The van der Waals surface area contributed by atoms with Gasteiger partial charge < -0.3 is 9.57 Å². The Labute approximate surface area is 122 Å². The van der Waals surface area contributed by atoms with Crippen LogP contribution in [-0.2, 0) is 11.4 Å². The van der Waals surface area contributed by atoms with E-state index >= 15 is 0 Å². The number of rotatable bonds is 6. The molecular weight excluding hydrogens is 270 g/mol. The normalized spacial score (nSPS) is 10.1. The summed E-state index contributed by atoms with van der Waals surface area (Å²) in [5.74, 6) is 0.00389. The molecule has 0 saturated carbocycles. The zero-order chi connectivity index (χ0) is 15.1. The van der Waals surface area contributed by atoms with Crippen molar-refractivity contribution in [3.05, 3.63) is 64.6 Å². The molecule has 1 heterocycles. The molecule has 0 fully saturated rings. The zero-order valence-corrected chi connectivity index (χ0v) is 11.8. The topological polar surface area (TPSA) is 57.5 Å². The molecule has 5 nitrogen and oxygen atoms in total. The second kappa shape index (κ2) is 7.28. The van der Waals surface area contributed by atoms with Crippen molar-refractivity contribution in [3.8, 4) is 5.75 Å². The third-order valence-electron chi connectivity index (χ3n) is 2.76. The van der Waals surface area contributed by atoms with Gasteiger partial charge in [0.15, 0.2) is 0 Å². The molecule has 0 amide bonds. The summed E-state index contributed by atoms with van der Waals surface area (Å²) >= 11 is 0. The predicted molar refractivity (Wildman–Crippen MR) is 78.0 cm³/mol. The first-order chi connectivity index (χ1) is 10.2. The fourth-order valence-electron chi connectivity index (χ4n) is 1.71. The molecule has 21 heavy (non-hydrogen) atoms. The van der Waals surface area contributed by atoms with E-state index in [-0.39, 0.29) is 6.42 Å². The van der Waals surface area contributed by atoms with Gasteiger partial charge in [0.25, 0.3) is 5.56 Å². The Hall–Kier alpha value is -2.56. The number of pyridine rings is 1. The Morgan fingerprint density at radius 1 is 1.19 bits per heavy atom. The highest BCUT2D eigenvalue weighted by Gasteiger charge is 2.06. The number of hydrogen-bond donors (Lipinski definition) is 0. The van der Waals surface area contributed by atoms with Gasteiger partial charge >= 0.3 is 5.97 Å². The van der Waals surface area contributed by atoms with Crippen LogP contribution in [0.2, 0.25) is 0 Å². The van der Waals surface area contributed by atoms with Crippen LogP contribution < -0.4 is 15.1 Å². The lowest BCUT2D eigenvalue weighted by atomic mass is 10.2. The third-order valence-corrected chi connectivity index (χ3v) is 2.76. The quantitative estimate of drug-likeness (QED) is 0.817. The van der Waals surface area contributed by atoms with E-state index in [4.69, 9.17) is 9.57 Å². The van der Waals surface area contributed by atoms with Crippen LogP contribution in [0.1, 0.15) is 25.3 Å². The molecular formula is C16H17NO4. The average molecular weight is 287 g/mol. The molecule has 0 aliphatic heterocycles. The lowest BCUT2D eigenvalue weighted by Crippen LogP contribution is -2.29. The molecule has 1 aromatic heterocycles. The molecule has 110 valence electrons. The van der Waals surface area contributed by atoms with Gasteiger partial charge in [0.05, 0.1) is 6.20 Å².